The summed E-state index contributed by atoms with van der Waals surface area (Å²) < 4.78 is 1.61. The van der Waals surface area contributed by atoms with E-state index in [1.165, 1.54) is 11.3 Å². The van der Waals surface area contributed by atoms with Gasteiger partial charge in [0.05, 0.1) is 5.52 Å². The lowest BCUT2D eigenvalue weighted by molar-refractivity contribution is -0.119. The molecule has 3 rings (SSSR count). The Bertz CT molecular complexity index is 945. The van der Waals surface area contributed by atoms with Crippen LogP contribution in [0, 0.1) is 13.8 Å². The molecular formula is C18H19N3O2S. The Hall–Kier alpha value is -2.47. The second-order valence-electron chi connectivity index (χ2n) is 5.76. The van der Waals surface area contributed by atoms with Crippen LogP contribution >= 0.6 is 11.3 Å². The first-order valence-corrected chi connectivity index (χ1v) is 8.72. The van der Waals surface area contributed by atoms with Crippen LogP contribution in [0.15, 0.2) is 40.6 Å². The van der Waals surface area contributed by atoms with Crippen LogP contribution in [0.5, 0.6) is 0 Å². The molecule has 0 aliphatic rings. The summed E-state index contributed by atoms with van der Waals surface area (Å²) in [4.78, 5) is 29.5. The molecule has 1 amide bonds. The number of aromatic nitrogens is 2. The normalized spacial score (nSPS) is 12.3. The van der Waals surface area contributed by atoms with Gasteiger partial charge in [-0.15, -0.1) is 11.3 Å². The van der Waals surface area contributed by atoms with E-state index in [1.807, 2.05) is 39.0 Å². The minimum atomic E-state index is -0.578. The molecule has 0 spiro atoms. The van der Waals surface area contributed by atoms with Crippen LogP contribution in [0.4, 0.5) is 5.13 Å². The van der Waals surface area contributed by atoms with Crippen LogP contribution in [0.1, 0.15) is 30.5 Å². The number of carbonyl (C=O) groups excluding carboxylic acids is 1. The van der Waals surface area contributed by atoms with Crippen molar-refractivity contribution in [3.8, 4) is 0 Å². The number of para-hydroxylation sites is 1. The highest BCUT2D eigenvalue weighted by Gasteiger charge is 2.23. The summed E-state index contributed by atoms with van der Waals surface area (Å²) in [5.41, 5.74) is 2.57. The maximum atomic E-state index is 12.7. The molecule has 24 heavy (non-hydrogen) atoms. The van der Waals surface area contributed by atoms with Gasteiger partial charge in [0.25, 0.3) is 5.56 Å². The molecule has 6 heteroatoms. The topological polar surface area (TPSA) is 64.0 Å². The zero-order chi connectivity index (χ0) is 17.3. The zero-order valence-electron chi connectivity index (χ0n) is 13.9. The molecule has 0 radical (unpaired) electrons. The number of amides is 1. The van der Waals surface area contributed by atoms with Gasteiger partial charge in [-0.3, -0.25) is 14.2 Å². The van der Waals surface area contributed by atoms with E-state index in [-0.39, 0.29) is 11.5 Å². The quantitative estimate of drug-likeness (QED) is 0.787. The van der Waals surface area contributed by atoms with Gasteiger partial charge < -0.3 is 5.32 Å². The van der Waals surface area contributed by atoms with E-state index >= 15 is 0 Å². The maximum Gasteiger partial charge on any atom is 0.252 e. The fourth-order valence-electron chi connectivity index (χ4n) is 3.01. The molecule has 2 aromatic heterocycles. The molecule has 1 aromatic carbocycles. The number of aryl methyl sites for hydroxylation is 2. The van der Waals surface area contributed by atoms with Gasteiger partial charge in [-0.1, -0.05) is 25.1 Å². The van der Waals surface area contributed by atoms with Crippen LogP contribution < -0.4 is 10.9 Å². The summed E-state index contributed by atoms with van der Waals surface area (Å²) in [6.07, 6.45) is 2.16. The molecule has 0 saturated carbocycles. The Labute approximate surface area is 144 Å². The van der Waals surface area contributed by atoms with Gasteiger partial charge in [0.15, 0.2) is 5.13 Å². The summed E-state index contributed by atoms with van der Waals surface area (Å²) in [6, 6.07) is 6.94. The van der Waals surface area contributed by atoms with Crippen molar-refractivity contribution in [1.82, 2.24) is 9.55 Å². The first kappa shape index (κ1) is 16.4. The highest BCUT2D eigenvalue weighted by molar-refractivity contribution is 7.13. The number of pyridine rings is 1. The fourth-order valence-corrected chi connectivity index (χ4v) is 3.54. The summed E-state index contributed by atoms with van der Waals surface area (Å²) in [7, 11) is 0. The van der Waals surface area contributed by atoms with E-state index in [1.54, 1.807) is 22.2 Å². The zero-order valence-corrected chi connectivity index (χ0v) is 14.7. The average molecular weight is 341 g/mol. The summed E-state index contributed by atoms with van der Waals surface area (Å²) in [5.74, 6) is -0.219. The molecule has 0 bridgehead atoms. The van der Waals surface area contributed by atoms with Crippen LogP contribution in [0.25, 0.3) is 10.9 Å². The van der Waals surface area contributed by atoms with Crippen LogP contribution in [-0.4, -0.2) is 15.5 Å². The molecule has 3 aromatic rings. The van der Waals surface area contributed by atoms with E-state index in [9.17, 15) is 9.59 Å². The number of hydrogen-bond donors (Lipinski definition) is 1. The summed E-state index contributed by atoms with van der Waals surface area (Å²) in [5, 5.41) is 6.14. The number of fused-ring (bicyclic) bond motifs is 1. The van der Waals surface area contributed by atoms with Gasteiger partial charge in [0.2, 0.25) is 5.91 Å². The van der Waals surface area contributed by atoms with Crippen molar-refractivity contribution in [3.05, 3.63) is 57.3 Å². The number of hydrogen-bond acceptors (Lipinski definition) is 4. The standard InChI is InChI=1S/C18H19N3O2S/c1-4-14(17(23)20-18-19-8-9-24-18)21-15(22)10-12(3)13-7-5-6-11(2)16(13)21/h5-10,14H,4H2,1-3H3,(H,19,20,23). The summed E-state index contributed by atoms with van der Waals surface area (Å²) >= 11 is 1.36. The van der Waals surface area contributed by atoms with Crippen molar-refractivity contribution in [2.75, 3.05) is 5.32 Å². The molecule has 0 saturated heterocycles. The van der Waals surface area contributed by atoms with Crippen molar-refractivity contribution in [1.29, 1.82) is 0 Å². The third-order valence-corrected chi connectivity index (χ3v) is 4.83. The Morgan fingerprint density at radius 3 is 2.79 bits per heavy atom. The van der Waals surface area contributed by atoms with Gasteiger partial charge in [-0.25, -0.2) is 4.98 Å². The Kier molecular flexibility index (Phi) is 4.49. The van der Waals surface area contributed by atoms with Crippen LogP contribution in [0.2, 0.25) is 0 Å². The van der Waals surface area contributed by atoms with Crippen LogP contribution in [-0.2, 0) is 4.79 Å². The summed E-state index contributed by atoms with van der Waals surface area (Å²) in [6.45, 7) is 5.79. The molecule has 1 unspecified atom stereocenters. The average Bonchev–Trinajstić information content (AvgIpc) is 3.04. The van der Waals surface area contributed by atoms with E-state index in [4.69, 9.17) is 0 Å². The highest BCUT2D eigenvalue weighted by Crippen LogP contribution is 2.25. The monoisotopic (exact) mass is 341 g/mol. The number of thiazole rings is 1. The lowest BCUT2D eigenvalue weighted by Crippen LogP contribution is -2.33. The van der Waals surface area contributed by atoms with Gasteiger partial charge in [-0.2, -0.15) is 0 Å². The second-order valence-corrected chi connectivity index (χ2v) is 6.65. The number of carbonyl (C=O) groups is 1. The minimum Gasteiger partial charge on any atom is -0.300 e. The van der Waals surface area contributed by atoms with Gasteiger partial charge in [0.1, 0.15) is 6.04 Å². The fraction of sp³-hybridized carbons (Fsp3) is 0.278. The molecule has 0 aliphatic heterocycles. The maximum absolute atomic E-state index is 12.7. The Morgan fingerprint density at radius 1 is 1.33 bits per heavy atom. The van der Waals surface area contributed by atoms with E-state index in [2.05, 4.69) is 10.3 Å². The third-order valence-electron chi connectivity index (χ3n) is 4.14. The Morgan fingerprint density at radius 2 is 2.12 bits per heavy atom. The predicted molar refractivity (Wildman–Crippen MR) is 97.8 cm³/mol. The molecule has 2 heterocycles. The van der Waals surface area contributed by atoms with E-state index in [0.29, 0.717) is 11.6 Å². The van der Waals surface area contributed by atoms with Crippen molar-refractivity contribution >= 4 is 33.3 Å². The number of nitrogens with one attached hydrogen (secondary N) is 1. The van der Waals surface area contributed by atoms with E-state index < -0.39 is 6.04 Å². The smallest absolute Gasteiger partial charge is 0.252 e. The molecule has 0 aliphatic carbocycles. The van der Waals surface area contributed by atoms with Gasteiger partial charge >= 0.3 is 0 Å². The van der Waals surface area contributed by atoms with Crippen LogP contribution in [0.3, 0.4) is 0 Å². The molecule has 0 fully saturated rings. The SMILES string of the molecule is CCC(C(=O)Nc1nccs1)n1c(=O)cc(C)c2cccc(C)c21. The van der Waals surface area contributed by atoms with Crippen molar-refractivity contribution in [2.24, 2.45) is 0 Å². The predicted octanol–water partition coefficient (Wildman–Crippen LogP) is 3.66. The lowest BCUT2D eigenvalue weighted by Gasteiger charge is -2.21. The highest BCUT2D eigenvalue weighted by atomic mass is 32.1. The van der Waals surface area contributed by atoms with Crippen molar-refractivity contribution in [2.45, 2.75) is 33.2 Å². The lowest BCUT2D eigenvalue weighted by atomic mass is 10.0. The number of rotatable bonds is 4. The first-order chi connectivity index (χ1) is 11.5. The molecule has 1 atom stereocenters. The van der Waals surface area contributed by atoms with Gasteiger partial charge in [0, 0.05) is 23.0 Å². The number of nitrogens with zero attached hydrogens (tertiary/aromatic N) is 2. The third kappa shape index (κ3) is 2.85. The second kappa shape index (κ2) is 6.57. The molecule has 124 valence electrons. The molecule has 5 nitrogen and oxygen atoms in total. The van der Waals surface area contributed by atoms with E-state index in [0.717, 1.165) is 22.0 Å². The molecule has 1 N–H and O–H groups in total. The van der Waals surface area contributed by atoms with Gasteiger partial charge in [-0.05, 0) is 31.4 Å². The Balaban J connectivity index is 2.16. The minimum absolute atomic E-state index is 0.157. The molecular weight excluding hydrogens is 322 g/mol. The van der Waals surface area contributed by atoms with Crippen molar-refractivity contribution in [3.63, 3.8) is 0 Å². The number of benzene rings is 1. The van der Waals surface area contributed by atoms with Crippen molar-refractivity contribution < 1.29 is 4.79 Å². The number of anilines is 1. The first-order valence-electron chi connectivity index (χ1n) is 7.84. The largest absolute Gasteiger partial charge is 0.300 e.